The summed E-state index contributed by atoms with van der Waals surface area (Å²) in [5, 5.41) is 8.39. The molecule has 3 nitrogen and oxygen atoms in total. The summed E-state index contributed by atoms with van der Waals surface area (Å²) in [6.07, 6.45) is -3.11. The van der Waals surface area contributed by atoms with Crippen molar-refractivity contribution >= 4 is 5.97 Å². The van der Waals surface area contributed by atoms with E-state index < -0.39 is 24.5 Å². The lowest BCUT2D eigenvalue weighted by molar-refractivity contribution is -0.163. The van der Waals surface area contributed by atoms with E-state index in [1.54, 1.807) is 0 Å². The summed E-state index contributed by atoms with van der Waals surface area (Å²) in [5.41, 5.74) is -0.0834. The summed E-state index contributed by atoms with van der Waals surface area (Å²) in [7, 11) is 0. The molecule has 1 aromatic rings. The van der Waals surface area contributed by atoms with Crippen LogP contribution in [0.15, 0.2) is 24.5 Å². The first-order valence-corrected chi connectivity index (χ1v) is 4.09. The number of nitrogens with zero attached hydrogens (tertiary/aromatic N) is 1. The number of carbonyl (C=O) groups is 1. The zero-order chi connectivity index (χ0) is 11.5. The van der Waals surface area contributed by atoms with Crippen molar-refractivity contribution in [1.82, 2.24) is 4.98 Å². The minimum atomic E-state index is -4.56. The molecule has 0 saturated heterocycles. The molecule has 1 atom stereocenters. The molecule has 82 valence electrons. The van der Waals surface area contributed by atoms with Gasteiger partial charge in [0.25, 0.3) is 0 Å². The van der Waals surface area contributed by atoms with Crippen molar-refractivity contribution in [1.29, 1.82) is 0 Å². The molecule has 0 amide bonds. The molecular formula is C9H8F3NO2. The highest BCUT2D eigenvalue weighted by molar-refractivity contribution is 5.68. The first-order valence-electron chi connectivity index (χ1n) is 4.09. The maximum absolute atomic E-state index is 12.5. The minimum absolute atomic E-state index is 0.0834. The molecule has 1 rings (SSSR count). The lowest BCUT2D eigenvalue weighted by Crippen LogP contribution is -2.23. The lowest BCUT2D eigenvalue weighted by atomic mass is 9.96. The number of pyridine rings is 1. The van der Waals surface area contributed by atoms with E-state index in [-0.39, 0.29) is 5.56 Å². The van der Waals surface area contributed by atoms with E-state index in [1.807, 2.05) is 0 Å². The Morgan fingerprint density at radius 2 is 1.93 bits per heavy atom. The Labute approximate surface area is 83.6 Å². The Balaban J connectivity index is 2.97. The topological polar surface area (TPSA) is 50.2 Å². The number of aliphatic carboxylic acids is 1. The predicted molar refractivity (Wildman–Crippen MR) is 45.3 cm³/mol. The van der Waals surface area contributed by atoms with Crippen LogP contribution in [0.2, 0.25) is 0 Å². The lowest BCUT2D eigenvalue weighted by Gasteiger charge is -2.18. The molecule has 0 saturated carbocycles. The van der Waals surface area contributed by atoms with Crippen molar-refractivity contribution in [3.8, 4) is 0 Å². The third kappa shape index (κ3) is 3.23. The highest BCUT2D eigenvalue weighted by Gasteiger charge is 2.41. The molecule has 0 aromatic carbocycles. The molecule has 0 bridgehead atoms. The van der Waals surface area contributed by atoms with Crippen LogP contribution in [0.25, 0.3) is 0 Å². The number of alkyl halides is 3. The van der Waals surface area contributed by atoms with E-state index in [0.717, 1.165) is 0 Å². The highest BCUT2D eigenvalue weighted by Crippen LogP contribution is 2.36. The van der Waals surface area contributed by atoms with Crippen LogP contribution in [0.1, 0.15) is 17.9 Å². The van der Waals surface area contributed by atoms with Gasteiger partial charge in [0.2, 0.25) is 0 Å². The molecule has 0 aliphatic heterocycles. The zero-order valence-corrected chi connectivity index (χ0v) is 7.53. The van der Waals surface area contributed by atoms with Gasteiger partial charge in [0.15, 0.2) is 0 Å². The fraction of sp³-hybridized carbons (Fsp3) is 0.333. The number of carboxylic acid groups (broad SMARTS) is 1. The average Bonchev–Trinajstić information content (AvgIpc) is 2.14. The van der Waals surface area contributed by atoms with Gasteiger partial charge in [0.05, 0.1) is 12.3 Å². The third-order valence-corrected chi connectivity index (χ3v) is 1.88. The van der Waals surface area contributed by atoms with E-state index in [4.69, 9.17) is 5.11 Å². The zero-order valence-electron chi connectivity index (χ0n) is 7.53. The second kappa shape index (κ2) is 4.29. The summed E-state index contributed by atoms with van der Waals surface area (Å²) in [4.78, 5) is 13.9. The average molecular weight is 219 g/mol. The second-order valence-corrected chi connectivity index (χ2v) is 2.97. The monoisotopic (exact) mass is 219 g/mol. The van der Waals surface area contributed by atoms with Gasteiger partial charge in [-0.05, 0) is 17.7 Å². The maximum atomic E-state index is 12.5. The Hall–Kier alpha value is -1.59. The van der Waals surface area contributed by atoms with Crippen molar-refractivity contribution in [3.63, 3.8) is 0 Å². The van der Waals surface area contributed by atoms with Crippen molar-refractivity contribution in [2.45, 2.75) is 18.5 Å². The van der Waals surface area contributed by atoms with Crippen LogP contribution in [-0.4, -0.2) is 22.2 Å². The van der Waals surface area contributed by atoms with Crippen LogP contribution in [0.5, 0.6) is 0 Å². The van der Waals surface area contributed by atoms with Crippen LogP contribution in [0.3, 0.4) is 0 Å². The molecular weight excluding hydrogens is 211 g/mol. The summed E-state index contributed by atoms with van der Waals surface area (Å²) in [6.45, 7) is 0. The Kier molecular flexibility index (Phi) is 3.28. The standard InChI is InChI=1S/C9H8F3NO2/c10-9(11,12)7(5-8(14)15)6-1-3-13-4-2-6/h1-4,7H,5H2,(H,14,15). The number of rotatable bonds is 3. The van der Waals surface area contributed by atoms with Crippen LogP contribution < -0.4 is 0 Å². The number of aromatic nitrogens is 1. The van der Waals surface area contributed by atoms with Crippen molar-refractivity contribution in [2.24, 2.45) is 0 Å². The summed E-state index contributed by atoms with van der Waals surface area (Å²) in [5.74, 6) is -3.45. The van der Waals surface area contributed by atoms with Gasteiger partial charge < -0.3 is 5.11 Å². The van der Waals surface area contributed by atoms with Gasteiger partial charge in [-0.2, -0.15) is 13.2 Å². The number of carboxylic acids is 1. The molecule has 15 heavy (non-hydrogen) atoms. The van der Waals surface area contributed by atoms with Gasteiger partial charge in [0.1, 0.15) is 0 Å². The van der Waals surface area contributed by atoms with Gasteiger partial charge in [-0.3, -0.25) is 9.78 Å². The van der Waals surface area contributed by atoms with E-state index in [2.05, 4.69) is 4.98 Å². The summed E-state index contributed by atoms with van der Waals surface area (Å²) in [6, 6.07) is 2.34. The molecule has 1 unspecified atom stereocenters. The minimum Gasteiger partial charge on any atom is -0.481 e. The Morgan fingerprint density at radius 3 is 2.33 bits per heavy atom. The van der Waals surface area contributed by atoms with Crippen molar-refractivity contribution in [2.75, 3.05) is 0 Å². The number of halogens is 3. The highest BCUT2D eigenvalue weighted by atomic mass is 19.4. The molecule has 0 fully saturated rings. The molecule has 0 aliphatic rings. The van der Waals surface area contributed by atoms with Crippen LogP contribution in [0.4, 0.5) is 13.2 Å². The van der Waals surface area contributed by atoms with Gasteiger partial charge in [-0.15, -0.1) is 0 Å². The van der Waals surface area contributed by atoms with Gasteiger partial charge >= 0.3 is 12.1 Å². The molecule has 0 spiro atoms. The first kappa shape index (κ1) is 11.5. The third-order valence-electron chi connectivity index (χ3n) is 1.88. The van der Waals surface area contributed by atoms with Gasteiger partial charge in [-0.1, -0.05) is 0 Å². The van der Waals surface area contributed by atoms with Crippen molar-refractivity contribution in [3.05, 3.63) is 30.1 Å². The normalized spacial score (nSPS) is 13.5. The molecule has 1 aromatic heterocycles. The predicted octanol–water partition coefficient (Wildman–Crippen LogP) is 2.20. The SMILES string of the molecule is O=C(O)CC(c1ccncc1)C(F)(F)F. The fourth-order valence-corrected chi connectivity index (χ4v) is 1.19. The number of hydrogen-bond donors (Lipinski definition) is 1. The smallest absolute Gasteiger partial charge is 0.396 e. The molecule has 1 N–H and O–H groups in total. The van der Waals surface area contributed by atoms with Crippen LogP contribution >= 0.6 is 0 Å². The van der Waals surface area contributed by atoms with Crippen LogP contribution in [-0.2, 0) is 4.79 Å². The van der Waals surface area contributed by atoms with Crippen LogP contribution in [0, 0.1) is 0 Å². The quantitative estimate of drug-likeness (QED) is 0.847. The largest absolute Gasteiger partial charge is 0.481 e. The first-order chi connectivity index (χ1) is 6.91. The van der Waals surface area contributed by atoms with E-state index in [9.17, 15) is 18.0 Å². The van der Waals surface area contributed by atoms with E-state index >= 15 is 0 Å². The van der Waals surface area contributed by atoms with E-state index in [1.165, 1.54) is 24.5 Å². The Bertz CT molecular complexity index is 337. The summed E-state index contributed by atoms with van der Waals surface area (Å²) < 4.78 is 37.4. The van der Waals surface area contributed by atoms with Gasteiger partial charge in [-0.25, -0.2) is 0 Å². The Morgan fingerprint density at radius 1 is 1.40 bits per heavy atom. The second-order valence-electron chi connectivity index (χ2n) is 2.97. The van der Waals surface area contributed by atoms with Gasteiger partial charge in [0, 0.05) is 12.4 Å². The summed E-state index contributed by atoms with van der Waals surface area (Å²) >= 11 is 0. The molecule has 0 radical (unpaired) electrons. The maximum Gasteiger partial charge on any atom is 0.396 e. The molecule has 1 heterocycles. The molecule has 6 heteroatoms. The van der Waals surface area contributed by atoms with E-state index in [0.29, 0.717) is 0 Å². The number of hydrogen-bond acceptors (Lipinski definition) is 2. The van der Waals surface area contributed by atoms with Crippen molar-refractivity contribution < 1.29 is 23.1 Å². The fourth-order valence-electron chi connectivity index (χ4n) is 1.19. The molecule has 0 aliphatic carbocycles.